The van der Waals surface area contributed by atoms with Crippen molar-refractivity contribution in [3.63, 3.8) is 0 Å². The van der Waals surface area contributed by atoms with Crippen LogP contribution in [0.25, 0.3) is 0 Å². The van der Waals surface area contributed by atoms with Crippen LogP contribution in [0.1, 0.15) is 42.4 Å². The molecule has 19 heavy (non-hydrogen) atoms. The van der Waals surface area contributed by atoms with Gasteiger partial charge in [0.1, 0.15) is 0 Å². The van der Waals surface area contributed by atoms with Crippen LogP contribution >= 0.6 is 0 Å². The van der Waals surface area contributed by atoms with Crippen molar-refractivity contribution in [3.05, 3.63) is 34.9 Å². The van der Waals surface area contributed by atoms with Gasteiger partial charge in [-0.05, 0) is 63.6 Å². The van der Waals surface area contributed by atoms with Gasteiger partial charge in [0.25, 0.3) is 0 Å². The highest BCUT2D eigenvalue weighted by molar-refractivity contribution is 5.30. The average molecular weight is 261 g/mol. The average Bonchev–Trinajstić information content (AvgIpc) is 2.36. The molecule has 2 nitrogen and oxygen atoms in total. The molecule has 1 aliphatic rings. The minimum Gasteiger partial charge on any atom is -0.393 e. The molecule has 1 aromatic rings. The lowest BCUT2D eigenvalue weighted by molar-refractivity contribution is 0.0967. The fraction of sp³-hybridized carbons (Fsp3) is 0.647. The monoisotopic (exact) mass is 261 g/mol. The van der Waals surface area contributed by atoms with Gasteiger partial charge in [-0.3, -0.25) is 0 Å². The molecule has 1 saturated carbocycles. The first-order valence-corrected chi connectivity index (χ1v) is 7.47. The van der Waals surface area contributed by atoms with Crippen molar-refractivity contribution in [2.75, 3.05) is 13.6 Å². The SMILES string of the molecule is Cc1ccc(CN(C)CC2CCC(O)CC2)c(C)c1. The predicted octanol–water partition coefficient (Wildman–Crippen LogP) is 3.29. The molecule has 106 valence electrons. The molecule has 0 spiro atoms. The first kappa shape index (κ1) is 14.5. The van der Waals surface area contributed by atoms with E-state index < -0.39 is 0 Å². The maximum Gasteiger partial charge on any atom is 0.0540 e. The Labute approximate surface area is 117 Å². The quantitative estimate of drug-likeness (QED) is 0.899. The second-order valence-electron chi connectivity index (χ2n) is 6.30. The van der Waals surface area contributed by atoms with Crippen molar-refractivity contribution in [1.29, 1.82) is 0 Å². The molecule has 1 fully saturated rings. The molecule has 0 saturated heterocycles. The third-order valence-corrected chi connectivity index (χ3v) is 4.32. The summed E-state index contributed by atoms with van der Waals surface area (Å²) in [4.78, 5) is 2.43. The lowest BCUT2D eigenvalue weighted by Gasteiger charge is -2.29. The van der Waals surface area contributed by atoms with Crippen molar-refractivity contribution in [3.8, 4) is 0 Å². The smallest absolute Gasteiger partial charge is 0.0540 e. The summed E-state index contributed by atoms with van der Waals surface area (Å²) in [5.41, 5.74) is 4.17. The summed E-state index contributed by atoms with van der Waals surface area (Å²) >= 11 is 0. The molecule has 1 aromatic carbocycles. The summed E-state index contributed by atoms with van der Waals surface area (Å²) in [5, 5.41) is 9.55. The standard InChI is InChI=1S/C17H27NO/c1-13-4-7-16(14(2)10-13)12-18(3)11-15-5-8-17(19)9-6-15/h4,7,10,15,17,19H,5-6,8-9,11-12H2,1-3H3. The van der Waals surface area contributed by atoms with E-state index in [0.29, 0.717) is 0 Å². The molecular weight excluding hydrogens is 234 g/mol. The summed E-state index contributed by atoms with van der Waals surface area (Å²) in [6.45, 7) is 6.53. The maximum absolute atomic E-state index is 9.55. The van der Waals surface area contributed by atoms with Crippen LogP contribution in [0.15, 0.2) is 18.2 Å². The topological polar surface area (TPSA) is 23.5 Å². The Kier molecular flexibility index (Phi) is 5.00. The summed E-state index contributed by atoms with van der Waals surface area (Å²) in [5.74, 6) is 0.763. The lowest BCUT2D eigenvalue weighted by atomic mass is 9.87. The minimum absolute atomic E-state index is 0.0408. The van der Waals surface area contributed by atoms with Gasteiger partial charge in [0.05, 0.1) is 6.10 Å². The third-order valence-electron chi connectivity index (χ3n) is 4.32. The fourth-order valence-corrected chi connectivity index (χ4v) is 3.15. The summed E-state index contributed by atoms with van der Waals surface area (Å²) in [6, 6.07) is 6.72. The Morgan fingerprint density at radius 1 is 1.16 bits per heavy atom. The Hall–Kier alpha value is -0.860. The largest absolute Gasteiger partial charge is 0.393 e. The van der Waals surface area contributed by atoms with E-state index in [9.17, 15) is 5.11 Å². The van der Waals surface area contributed by atoms with Gasteiger partial charge in [-0.15, -0.1) is 0 Å². The van der Waals surface area contributed by atoms with E-state index >= 15 is 0 Å². The molecule has 2 rings (SSSR count). The van der Waals surface area contributed by atoms with Gasteiger partial charge in [-0.1, -0.05) is 23.8 Å². The first-order valence-electron chi connectivity index (χ1n) is 7.47. The van der Waals surface area contributed by atoms with Crippen LogP contribution in [0.5, 0.6) is 0 Å². The molecule has 0 aliphatic heterocycles. The van der Waals surface area contributed by atoms with Crippen LogP contribution in [0, 0.1) is 19.8 Å². The van der Waals surface area contributed by atoms with Crippen molar-refractivity contribution >= 4 is 0 Å². The minimum atomic E-state index is -0.0408. The third kappa shape index (κ3) is 4.32. The number of benzene rings is 1. The van der Waals surface area contributed by atoms with Crippen molar-refractivity contribution in [2.24, 2.45) is 5.92 Å². The van der Waals surface area contributed by atoms with Crippen LogP contribution in [0.2, 0.25) is 0 Å². The number of nitrogens with zero attached hydrogens (tertiary/aromatic N) is 1. The molecule has 0 amide bonds. The van der Waals surface area contributed by atoms with Gasteiger partial charge in [-0.25, -0.2) is 0 Å². The lowest BCUT2D eigenvalue weighted by Crippen LogP contribution is -2.29. The fourth-order valence-electron chi connectivity index (χ4n) is 3.15. The summed E-state index contributed by atoms with van der Waals surface area (Å²) < 4.78 is 0. The Balaban J connectivity index is 1.85. The van der Waals surface area contributed by atoms with Crippen LogP contribution in [-0.2, 0) is 6.54 Å². The van der Waals surface area contributed by atoms with Gasteiger partial charge in [0.15, 0.2) is 0 Å². The van der Waals surface area contributed by atoms with E-state index in [1.165, 1.54) is 29.5 Å². The maximum atomic E-state index is 9.55. The predicted molar refractivity (Wildman–Crippen MR) is 80.2 cm³/mol. The number of rotatable bonds is 4. The van der Waals surface area contributed by atoms with Crippen molar-refractivity contribution in [1.82, 2.24) is 4.90 Å². The molecule has 0 radical (unpaired) electrons. The first-order chi connectivity index (χ1) is 9.04. The summed E-state index contributed by atoms with van der Waals surface area (Å²) in [7, 11) is 2.21. The molecule has 0 unspecified atom stereocenters. The molecule has 1 N–H and O–H groups in total. The van der Waals surface area contributed by atoms with E-state index in [-0.39, 0.29) is 6.10 Å². The van der Waals surface area contributed by atoms with Crippen LogP contribution in [-0.4, -0.2) is 29.7 Å². The molecule has 2 heteroatoms. The zero-order valence-electron chi connectivity index (χ0n) is 12.5. The number of aliphatic hydroxyl groups excluding tert-OH is 1. The number of aliphatic hydroxyl groups is 1. The summed E-state index contributed by atoms with van der Waals surface area (Å²) in [6.07, 6.45) is 4.29. The highest BCUT2D eigenvalue weighted by atomic mass is 16.3. The Morgan fingerprint density at radius 3 is 2.47 bits per heavy atom. The normalized spacial score (nSPS) is 23.8. The van der Waals surface area contributed by atoms with Crippen LogP contribution in [0.3, 0.4) is 0 Å². The van der Waals surface area contributed by atoms with Gasteiger partial charge < -0.3 is 10.0 Å². The van der Waals surface area contributed by atoms with E-state index in [2.05, 4.69) is 44.0 Å². The zero-order chi connectivity index (χ0) is 13.8. The molecule has 0 aromatic heterocycles. The molecule has 0 heterocycles. The van der Waals surface area contributed by atoms with Crippen molar-refractivity contribution in [2.45, 2.75) is 52.2 Å². The van der Waals surface area contributed by atoms with Gasteiger partial charge >= 0.3 is 0 Å². The molecular formula is C17H27NO. The number of aryl methyl sites for hydroxylation is 2. The molecule has 0 atom stereocenters. The van der Waals surface area contributed by atoms with Crippen LogP contribution in [0.4, 0.5) is 0 Å². The van der Waals surface area contributed by atoms with Crippen molar-refractivity contribution < 1.29 is 5.11 Å². The second-order valence-corrected chi connectivity index (χ2v) is 6.30. The van der Waals surface area contributed by atoms with Gasteiger partial charge in [0.2, 0.25) is 0 Å². The van der Waals surface area contributed by atoms with Gasteiger partial charge in [-0.2, -0.15) is 0 Å². The Bertz CT molecular complexity index is 408. The highest BCUT2D eigenvalue weighted by Gasteiger charge is 2.20. The van der Waals surface area contributed by atoms with Crippen LogP contribution < -0.4 is 0 Å². The molecule has 0 bridgehead atoms. The number of hydrogen-bond acceptors (Lipinski definition) is 2. The zero-order valence-corrected chi connectivity index (χ0v) is 12.5. The molecule has 1 aliphatic carbocycles. The van der Waals surface area contributed by atoms with E-state index in [0.717, 1.165) is 31.8 Å². The highest BCUT2D eigenvalue weighted by Crippen LogP contribution is 2.25. The van der Waals surface area contributed by atoms with E-state index in [1.807, 2.05) is 0 Å². The van der Waals surface area contributed by atoms with E-state index in [4.69, 9.17) is 0 Å². The van der Waals surface area contributed by atoms with E-state index in [1.54, 1.807) is 0 Å². The second kappa shape index (κ2) is 6.53. The van der Waals surface area contributed by atoms with Gasteiger partial charge in [0, 0.05) is 13.1 Å². The Morgan fingerprint density at radius 2 is 1.84 bits per heavy atom. The number of hydrogen-bond donors (Lipinski definition) is 1.